The Labute approximate surface area is 206 Å². The van der Waals surface area contributed by atoms with Crippen LogP contribution in [0, 0.1) is 0 Å². The van der Waals surface area contributed by atoms with E-state index in [4.69, 9.17) is 17.3 Å². The normalized spacial score (nSPS) is 11.5. The molecule has 4 aromatic rings. The van der Waals surface area contributed by atoms with Gasteiger partial charge in [0.2, 0.25) is 0 Å². The molecule has 0 radical (unpaired) electrons. The molecule has 0 unspecified atom stereocenters. The number of rotatable bonds is 4. The van der Waals surface area contributed by atoms with E-state index in [-0.39, 0.29) is 45.8 Å². The maximum absolute atomic E-state index is 11.8. The van der Waals surface area contributed by atoms with Crippen LogP contribution in [-0.4, -0.2) is 47.5 Å². The van der Waals surface area contributed by atoms with Gasteiger partial charge in [-0.1, -0.05) is 54.1 Å². The number of fused-ring (bicyclic) bond motifs is 1. The van der Waals surface area contributed by atoms with Gasteiger partial charge in [-0.15, -0.1) is 10.2 Å². The second kappa shape index (κ2) is 9.44. The molecule has 0 fully saturated rings. The zero-order chi connectivity index (χ0) is 21.3. The summed E-state index contributed by atoms with van der Waals surface area (Å²) < 4.78 is 33.2. The number of nitrogen functional groups attached to an aromatic ring is 1. The SMILES string of the molecule is Nc1c(/N=N/c2ccc(-c3ccccc3Cl)nc2)cc(S(=O)(=O)O)c2ccccc12.[NaH]. The van der Waals surface area contributed by atoms with E-state index in [0.29, 0.717) is 27.2 Å². The molecule has 0 amide bonds. The number of benzene rings is 3. The van der Waals surface area contributed by atoms with Crippen molar-refractivity contribution in [2.75, 3.05) is 5.73 Å². The molecule has 1 aromatic heterocycles. The second-order valence-corrected chi connectivity index (χ2v) is 8.21. The first kappa shape index (κ1) is 23.3. The summed E-state index contributed by atoms with van der Waals surface area (Å²) in [7, 11) is -4.47. The van der Waals surface area contributed by atoms with Crippen molar-refractivity contribution >= 4 is 79.1 Å². The summed E-state index contributed by atoms with van der Waals surface area (Å²) in [5, 5.41) is 9.52. The zero-order valence-electron chi connectivity index (χ0n) is 15.4. The fraction of sp³-hybridized carbons (Fsp3) is 0. The molecule has 0 spiro atoms. The van der Waals surface area contributed by atoms with Crippen molar-refractivity contribution in [3.8, 4) is 11.3 Å². The fourth-order valence-electron chi connectivity index (χ4n) is 3.03. The van der Waals surface area contributed by atoms with Gasteiger partial charge >= 0.3 is 29.6 Å². The Kier molecular flexibility index (Phi) is 7.10. The number of anilines is 1. The Balaban J connectivity index is 0.00000272. The van der Waals surface area contributed by atoms with E-state index >= 15 is 0 Å². The third-order valence-corrected chi connectivity index (χ3v) is 5.70. The number of aromatic nitrogens is 1. The Bertz CT molecular complexity index is 1390. The summed E-state index contributed by atoms with van der Waals surface area (Å²) in [6.07, 6.45) is 1.52. The minimum absolute atomic E-state index is 0. The van der Waals surface area contributed by atoms with Crippen LogP contribution in [-0.2, 0) is 10.1 Å². The van der Waals surface area contributed by atoms with Gasteiger partial charge in [-0.3, -0.25) is 9.54 Å². The predicted molar refractivity (Wildman–Crippen MR) is 124 cm³/mol. The van der Waals surface area contributed by atoms with Gasteiger partial charge in [-0.05, 0) is 24.3 Å². The molecule has 10 heteroatoms. The minimum atomic E-state index is -4.47. The molecule has 3 aromatic carbocycles. The van der Waals surface area contributed by atoms with Crippen LogP contribution in [0.1, 0.15) is 0 Å². The number of hydrogen-bond donors (Lipinski definition) is 2. The van der Waals surface area contributed by atoms with Crippen molar-refractivity contribution in [3.63, 3.8) is 0 Å². The molecule has 0 saturated carbocycles. The standard InChI is InChI=1S/C21H15ClN4O3S.Na.H/c22-17-8-4-3-7-16(17)18-10-9-13(12-24-18)25-26-19-11-20(30(27,28)29)14-5-1-2-6-15(14)21(19)23;;/h1-12H,23H2,(H,27,28,29);;/b26-25+;;. The van der Waals surface area contributed by atoms with E-state index in [0.717, 1.165) is 5.56 Å². The van der Waals surface area contributed by atoms with Gasteiger partial charge in [-0.25, -0.2) is 0 Å². The summed E-state index contributed by atoms with van der Waals surface area (Å²) in [5.74, 6) is 0. The monoisotopic (exact) mass is 462 g/mol. The van der Waals surface area contributed by atoms with Crippen molar-refractivity contribution in [2.45, 2.75) is 4.90 Å². The van der Waals surface area contributed by atoms with E-state index < -0.39 is 10.1 Å². The molecule has 0 aliphatic carbocycles. The van der Waals surface area contributed by atoms with Crippen molar-refractivity contribution in [3.05, 3.63) is 77.9 Å². The molecule has 152 valence electrons. The van der Waals surface area contributed by atoms with Crippen LogP contribution in [0.5, 0.6) is 0 Å². The second-order valence-electron chi connectivity index (χ2n) is 6.41. The first-order valence-corrected chi connectivity index (χ1v) is 10.6. The number of nitrogens with zero attached hydrogens (tertiary/aromatic N) is 3. The van der Waals surface area contributed by atoms with Crippen LogP contribution in [0.3, 0.4) is 0 Å². The van der Waals surface area contributed by atoms with Gasteiger partial charge in [0.1, 0.15) is 16.3 Å². The van der Waals surface area contributed by atoms with Crippen molar-refractivity contribution in [1.29, 1.82) is 0 Å². The van der Waals surface area contributed by atoms with Crippen LogP contribution < -0.4 is 5.73 Å². The van der Waals surface area contributed by atoms with E-state index in [9.17, 15) is 13.0 Å². The van der Waals surface area contributed by atoms with Crippen molar-refractivity contribution in [2.24, 2.45) is 10.2 Å². The molecule has 0 aliphatic heterocycles. The molecular weight excluding hydrogens is 447 g/mol. The Morgan fingerprint density at radius 1 is 0.935 bits per heavy atom. The summed E-state index contributed by atoms with van der Waals surface area (Å²) in [6, 6.07) is 18.6. The van der Waals surface area contributed by atoms with Crippen molar-refractivity contribution < 1.29 is 13.0 Å². The molecule has 0 bridgehead atoms. The molecule has 0 saturated heterocycles. The van der Waals surface area contributed by atoms with Gasteiger partial charge in [-0.2, -0.15) is 8.42 Å². The van der Waals surface area contributed by atoms with Crippen LogP contribution in [0.25, 0.3) is 22.0 Å². The zero-order valence-corrected chi connectivity index (χ0v) is 17.0. The summed E-state index contributed by atoms with van der Waals surface area (Å²) in [5.41, 5.74) is 8.43. The van der Waals surface area contributed by atoms with Gasteiger partial charge in [0, 0.05) is 21.4 Å². The van der Waals surface area contributed by atoms with Crippen LogP contribution in [0.4, 0.5) is 17.1 Å². The van der Waals surface area contributed by atoms with E-state index in [1.165, 1.54) is 12.3 Å². The Hall–Kier alpha value is -2.33. The Morgan fingerprint density at radius 2 is 1.61 bits per heavy atom. The molecule has 3 N–H and O–H groups in total. The van der Waals surface area contributed by atoms with Gasteiger partial charge in [0.05, 0.1) is 17.6 Å². The molecular formula is C21H16ClN4NaO3S. The molecule has 7 nitrogen and oxygen atoms in total. The molecule has 4 rings (SSSR count). The first-order chi connectivity index (χ1) is 14.3. The van der Waals surface area contributed by atoms with Gasteiger partial charge < -0.3 is 5.73 Å². The van der Waals surface area contributed by atoms with E-state index in [2.05, 4.69) is 15.2 Å². The average molecular weight is 463 g/mol. The first-order valence-electron chi connectivity index (χ1n) is 8.76. The summed E-state index contributed by atoms with van der Waals surface area (Å²) in [4.78, 5) is 4.06. The van der Waals surface area contributed by atoms with Crippen molar-refractivity contribution in [1.82, 2.24) is 4.98 Å². The van der Waals surface area contributed by atoms with E-state index in [1.54, 1.807) is 42.5 Å². The maximum atomic E-state index is 11.8. The fourth-order valence-corrected chi connectivity index (χ4v) is 3.98. The molecule has 0 aliphatic rings. The number of halogens is 1. The van der Waals surface area contributed by atoms with Crippen LogP contribution in [0.2, 0.25) is 5.02 Å². The quantitative estimate of drug-likeness (QED) is 0.188. The summed E-state index contributed by atoms with van der Waals surface area (Å²) >= 11 is 6.19. The third kappa shape index (κ3) is 4.95. The summed E-state index contributed by atoms with van der Waals surface area (Å²) in [6.45, 7) is 0. The molecule has 0 atom stereocenters. The van der Waals surface area contributed by atoms with Gasteiger partial charge in [0.15, 0.2) is 0 Å². The molecule has 31 heavy (non-hydrogen) atoms. The number of pyridine rings is 1. The topological polar surface area (TPSA) is 118 Å². The molecule has 1 heterocycles. The Morgan fingerprint density at radius 3 is 2.26 bits per heavy atom. The predicted octanol–water partition coefficient (Wildman–Crippen LogP) is 5.15. The third-order valence-electron chi connectivity index (χ3n) is 4.48. The average Bonchev–Trinajstić information content (AvgIpc) is 2.73. The van der Waals surface area contributed by atoms with Crippen LogP contribution >= 0.6 is 11.6 Å². The van der Waals surface area contributed by atoms with Crippen LogP contribution in [0.15, 0.2) is 88.1 Å². The van der Waals surface area contributed by atoms with Gasteiger partial charge in [0.25, 0.3) is 10.1 Å². The number of nitrogens with two attached hydrogens (primary N) is 1. The number of azo groups is 1. The number of hydrogen-bond acceptors (Lipinski definition) is 6. The van der Waals surface area contributed by atoms with E-state index in [1.807, 2.05) is 18.2 Å².